The average molecular weight is 409 g/mol. The standard InChI is InChI=1S/C19H21F6NO2/c1-11(10-27)5-2-3-8-15(28)13-9-16(19(23,24)25)26-17-12(13)6-4-7-14(17)18(20,21)22/h4,6-7,9,11,15,27-28H,2-3,5,8,10H2,1H3. The molecule has 0 aliphatic carbocycles. The van der Waals surface area contributed by atoms with Crippen LogP contribution in [-0.2, 0) is 12.4 Å². The molecule has 0 radical (unpaired) electrons. The van der Waals surface area contributed by atoms with E-state index in [1.807, 2.05) is 6.92 Å². The third kappa shape index (κ3) is 5.35. The summed E-state index contributed by atoms with van der Waals surface area (Å²) < 4.78 is 79.2. The van der Waals surface area contributed by atoms with Crippen LogP contribution in [0.5, 0.6) is 0 Å². The van der Waals surface area contributed by atoms with E-state index in [0.29, 0.717) is 31.4 Å². The van der Waals surface area contributed by atoms with E-state index in [2.05, 4.69) is 4.98 Å². The molecular formula is C19H21F6NO2. The Hall–Kier alpha value is -1.87. The molecule has 3 nitrogen and oxygen atoms in total. The van der Waals surface area contributed by atoms with Crippen LogP contribution in [0.25, 0.3) is 10.9 Å². The van der Waals surface area contributed by atoms with Crippen LogP contribution in [0.2, 0.25) is 0 Å². The van der Waals surface area contributed by atoms with Gasteiger partial charge in [-0.1, -0.05) is 31.9 Å². The van der Waals surface area contributed by atoms with Gasteiger partial charge in [0.1, 0.15) is 5.69 Å². The van der Waals surface area contributed by atoms with Crippen LogP contribution in [0.1, 0.15) is 55.5 Å². The molecule has 2 N–H and O–H groups in total. The highest BCUT2D eigenvalue weighted by atomic mass is 19.4. The molecule has 0 fully saturated rings. The molecule has 0 saturated carbocycles. The molecule has 1 heterocycles. The van der Waals surface area contributed by atoms with Gasteiger partial charge in [-0.25, -0.2) is 4.98 Å². The van der Waals surface area contributed by atoms with E-state index in [0.717, 1.165) is 6.07 Å². The predicted octanol–water partition coefficient (Wildman–Crippen LogP) is 5.49. The minimum Gasteiger partial charge on any atom is -0.396 e. The number of aliphatic hydroxyl groups is 2. The first kappa shape index (κ1) is 22.4. The van der Waals surface area contributed by atoms with Crippen LogP contribution < -0.4 is 0 Å². The van der Waals surface area contributed by atoms with Crippen LogP contribution in [0.15, 0.2) is 24.3 Å². The zero-order chi connectivity index (χ0) is 21.1. The van der Waals surface area contributed by atoms with Crippen molar-refractivity contribution in [3.63, 3.8) is 0 Å². The summed E-state index contributed by atoms with van der Waals surface area (Å²) in [5, 5.41) is 19.2. The van der Waals surface area contributed by atoms with E-state index in [9.17, 15) is 31.4 Å². The van der Waals surface area contributed by atoms with Gasteiger partial charge >= 0.3 is 12.4 Å². The van der Waals surface area contributed by atoms with Crippen molar-refractivity contribution in [1.29, 1.82) is 0 Å². The van der Waals surface area contributed by atoms with E-state index >= 15 is 0 Å². The van der Waals surface area contributed by atoms with Gasteiger partial charge in [-0.15, -0.1) is 0 Å². The first-order valence-electron chi connectivity index (χ1n) is 8.82. The molecule has 1 aromatic heterocycles. The van der Waals surface area contributed by atoms with Crippen molar-refractivity contribution < 1.29 is 36.6 Å². The van der Waals surface area contributed by atoms with Crippen molar-refractivity contribution in [2.45, 2.75) is 51.1 Å². The summed E-state index contributed by atoms with van der Waals surface area (Å²) in [7, 11) is 0. The van der Waals surface area contributed by atoms with Crippen LogP contribution >= 0.6 is 0 Å². The summed E-state index contributed by atoms with van der Waals surface area (Å²) in [5.41, 5.74) is -3.80. The number of nitrogens with zero attached hydrogens (tertiary/aromatic N) is 1. The van der Waals surface area contributed by atoms with Crippen molar-refractivity contribution in [2.24, 2.45) is 5.92 Å². The zero-order valence-corrected chi connectivity index (χ0v) is 15.1. The highest BCUT2D eigenvalue weighted by Gasteiger charge is 2.37. The van der Waals surface area contributed by atoms with Crippen molar-refractivity contribution >= 4 is 10.9 Å². The molecule has 156 valence electrons. The lowest BCUT2D eigenvalue weighted by atomic mass is 9.95. The quantitative estimate of drug-likeness (QED) is 0.469. The Labute approximate surface area is 158 Å². The van der Waals surface area contributed by atoms with E-state index in [1.54, 1.807) is 0 Å². The number of hydrogen-bond acceptors (Lipinski definition) is 3. The molecule has 2 aromatic rings. The van der Waals surface area contributed by atoms with Gasteiger partial charge in [0.05, 0.1) is 17.2 Å². The molecule has 0 aliphatic heterocycles. The number of alkyl halides is 6. The molecule has 0 bridgehead atoms. The highest BCUT2D eigenvalue weighted by Crippen LogP contribution is 2.39. The maximum absolute atomic E-state index is 13.2. The predicted molar refractivity (Wildman–Crippen MR) is 91.4 cm³/mol. The number of pyridine rings is 1. The Kier molecular flexibility index (Phi) is 6.93. The second-order valence-corrected chi connectivity index (χ2v) is 6.88. The number of aliphatic hydroxyl groups excluding tert-OH is 2. The van der Waals surface area contributed by atoms with Gasteiger partial charge in [0, 0.05) is 12.0 Å². The first-order valence-corrected chi connectivity index (χ1v) is 8.82. The number of halogens is 6. The minimum absolute atomic E-state index is 0.00665. The second-order valence-electron chi connectivity index (χ2n) is 6.88. The van der Waals surface area contributed by atoms with E-state index in [-0.39, 0.29) is 29.9 Å². The summed E-state index contributed by atoms with van der Waals surface area (Å²) >= 11 is 0. The lowest BCUT2D eigenvalue weighted by molar-refractivity contribution is -0.142. The summed E-state index contributed by atoms with van der Waals surface area (Å²) in [6.45, 7) is 1.84. The van der Waals surface area contributed by atoms with Gasteiger partial charge in [-0.2, -0.15) is 26.3 Å². The molecule has 0 saturated heterocycles. The summed E-state index contributed by atoms with van der Waals surface area (Å²) in [4.78, 5) is 3.20. The third-order valence-electron chi connectivity index (χ3n) is 4.56. The summed E-state index contributed by atoms with van der Waals surface area (Å²) in [6, 6.07) is 3.59. The molecule has 9 heteroatoms. The number of fused-ring (bicyclic) bond motifs is 1. The van der Waals surface area contributed by atoms with Crippen molar-refractivity contribution in [3.05, 3.63) is 41.1 Å². The average Bonchev–Trinajstić information content (AvgIpc) is 2.61. The van der Waals surface area contributed by atoms with Crippen LogP contribution in [0.4, 0.5) is 26.3 Å². The van der Waals surface area contributed by atoms with Gasteiger partial charge in [0.15, 0.2) is 0 Å². The van der Waals surface area contributed by atoms with Crippen LogP contribution in [0.3, 0.4) is 0 Å². The lowest BCUT2D eigenvalue weighted by Crippen LogP contribution is -2.14. The summed E-state index contributed by atoms with van der Waals surface area (Å²) in [6.07, 6.45) is -9.34. The Morgan fingerprint density at radius 3 is 2.21 bits per heavy atom. The number of rotatable bonds is 7. The topological polar surface area (TPSA) is 53.4 Å². The third-order valence-corrected chi connectivity index (χ3v) is 4.56. The van der Waals surface area contributed by atoms with Crippen molar-refractivity contribution in [3.8, 4) is 0 Å². The van der Waals surface area contributed by atoms with Gasteiger partial charge < -0.3 is 10.2 Å². The Balaban J connectivity index is 2.43. The van der Waals surface area contributed by atoms with Crippen LogP contribution in [0, 0.1) is 5.92 Å². The van der Waals surface area contributed by atoms with E-state index < -0.39 is 35.2 Å². The second kappa shape index (κ2) is 8.65. The largest absolute Gasteiger partial charge is 0.433 e. The van der Waals surface area contributed by atoms with Crippen molar-refractivity contribution in [1.82, 2.24) is 4.98 Å². The number of unbranched alkanes of at least 4 members (excludes halogenated alkanes) is 1. The number of para-hydroxylation sites is 1. The number of aromatic nitrogens is 1. The lowest BCUT2D eigenvalue weighted by Gasteiger charge is -2.18. The normalized spacial score (nSPS) is 15.0. The van der Waals surface area contributed by atoms with Gasteiger partial charge in [0.2, 0.25) is 0 Å². The van der Waals surface area contributed by atoms with Gasteiger partial charge in [0.25, 0.3) is 0 Å². The SMILES string of the molecule is CC(CO)CCCCC(O)c1cc(C(F)(F)F)nc2c(C(F)(F)F)cccc12. The number of benzene rings is 1. The van der Waals surface area contributed by atoms with Crippen LogP contribution in [-0.4, -0.2) is 21.8 Å². The minimum atomic E-state index is -4.95. The maximum Gasteiger partial charge on any atom is 0.433 e. The van der Waals surface area contributed by atoms with E-state index in [1.165, 1.54) is 6.07 Å². The molecule has 2 rings (SSSR count). The molecule has 28 heavy (non-hydrogen) atoms. The van der Waals surface area contributed by atoms with E-state index in [4.69, 9.17) is 5.11 Å². The van der Waals surface area contributed by atoms with Gasteiger partial charge in [-0.3, -0.25) is 0 Å². The first-order chi connectivity index (χ1) is 12.9. The van der Waals surface area contributed by atoms with Gasteiger partial charge in [-0.05, 0) is 36.5 Å². The van der Waals surface area contributed by atoms with Crippen molar-refractivity contribution in [2.75, 3.05) is 6.61 Å². The molecule has 0 amide bonds. The molecule has 2 atom stereocenters. The molecule has 0 aliphatic rings. The fourth-order valence-electron chi connectivity index (χ4n) is 3.00. The fraction of sp³-hybridized carbons (Fsp3) is 0.526. The fourth-order valence-corrected chi connectivity index (χ4v) is 3.00. The zero-order valence-electron chi connectivity index (χ0n) is 15.1. The highest BCUT2D eigenvalue weighted by molar-refractivity contribution is 5.86. The monoisotopic (exact) mass is 409 g/mol. The molecule has 0 spiro atoms. The number of hydrogen-bond donors (Lipinski definition) is 2. The Morgan fingerprint density at radius 1 is 1.00 bits per heavy atom. The molecule has 1 aromatic carbocycles. The smallest absolute Gasteiger partial charge is 0.396 e. The Morgan fingerprint density at radius 2 is 1.64 bits per heavy atom. The summed E-state index contributed by atoms with van der Waals surface area (Å²) in [5.74, 6) is 0.0603. The Bertz CT molecular complexity index is 803. The maximum atomic E-state index is 13.2. The molecular weight excluding hydrogens is 388 g/mol. The molecule has 2 unspecified atom stereocenters.